The summed E-state index contributed by atoms with van der Waals surface area (Å²) in [7, 11) is 3.13. The van der Waals surface area contributed by atoms with Gasteiger partial charge in [-0.1, -0.05) is 76.8 Å². The first-order valence-electron chi connectivity index (χ1n) is 18.7. The molecule has 2 aliphatic carbocycles. The van der Waals surface area contributed by atoms with Gasteiger partial charge >= 0.3 is 6.09 Å². The van der Waals surface area contributed by atoms with E-state index in [1.54, 1.807) is 51.4 Å². The van der Waals surface area contributed by atoms with Gasteiger partial charge in [-0.15, -0.1) is 0 Å². The Hall–Kier alpha value is -4.49. The normalized spacial score (nSPS) is 21.8. The second-order valence-electron chi connectivity index (χ2n) is 15.0. The Kier molecular flexibility index (Phi) is 14.2. The minimum atomic E-state index is -1.18. The van der Waals surface area contributed by atoms with Crippen LogP contribution in [0.3, 0.4) is 0 Å². The molecule has 1 aromatic carbocycles. The van der Waals surface area contributed by atoms with Crippen molar-refractivity contribution < 1.29 is 38.3 Å². The van der Waals surface area contributed by atoms with E-state index < -0.39 is 60.3 Å². The summed E-state index contributed by atoms with van der Waals surface area (Å²) in [5, 5.41) is 10.5. The standard InChI is InChI=1S/C38H56N6O8/c1-7-14-28(33(46)35(48)39-20-29(45)41-30(36(49)43(5)6)24-15-10-8-11-16-24)40-34(47)32-27-19-26(27)21-44(32)37(50)31(25-17-12-9-13-18-25)42-38(51)52-23(4)22(2)3/h8,10-11,15-16,22-23,25-28,30-32H,7,9,12-14,17-21H2,1-6H3,(H,39,48)(H,40,47)(H,41,45)(H,42,51)/t23?,26-,27-,28?,30-,31-,32-/m0/s1. The molecule has 1 saturated heterocycles. The maximum absolute atomic E-state index is 14.2. The fourth-order valence-corrected chi connectivity index (χ4v) is 7.15. The van der Waals surface area contributed by atoms with E-state index in [0.717, 1.165) is 38.5 Å². The number of amides is 6. The molecule has 0 spiro atoms. The summed E-state index contributed by atoms with van der Waals surface area (Å²) in [5.74, 6) is -3.82. The van der Waals surface area contributed by atoms with Crippen LogP contribution in [0.2, 0.25) is 0 Å². The number of fused-ring (bicyclic) bond motifs is 1. The molecule has 3 aliphatic rings. The lowest BCUT2D eigenvalue weighted by atomic mass is 9.83. The zero-order chi connectivity index (χ0) is 38.1. The molecule has 4 rings (SSSR count). The van der Waals surface area contributed by atoms with Crippen LogP contribution < -0.4 is 21.3 Å². The smallest absolute Gasteiger partial charge is 0.408 e. The monoisotopic (exact) mass is 724 g/mol. The summed E-state index contributed by atoms with van der Waals surface area (Å²) >= 11 is 0. The molecule has 3 fully saturated rings. The maximum atomic E-state index is 14.2. The molecule has 52 heavy (non-hydrogen) atoms. The van der Waals surface area contributed by atoms with Gasteiger partial charge in [-0.05, 0) is 61.8 Å². The second-order valence-corrected chi connectivity index (χ2v) is 15.0. The molecule has 0 aromatic heterocycles. The lowest BCUT2D eigenvalue weighted by Gasteiger charge is -2.36. The number of alkyl carbamates (subject to hydrolysis) is 1. The zero-order valence-electron chi connectivity index (χ0n) is 31.3. The van der Waals surface area contributed by atoms with Gasteiger partial charge in [0.05, 0.1) is 12.6 Å². The molecule has 1 aliphatic heterocycles. The first-order valence-corrected chi connectivity index (χ1v) is 18.7. The van der Waals surface area contributed by atoms with E-state index in [1.807, 2.05) is 20.8 Å². The SMILES string of the molecule is CCCC(NC(=O)[C@@H]1[C@H]2C[C@H]2CN1C(=O)[C@@H](NC(=O)OC(C)C(C)C)C1CCCCC1)C(=O)C(=O)NCC(=O)N[C@H](C(=O)N(C)C)c1ccccc1. The fraction of sp³-hybridized carbons (Fsp3) is 0.658. The molecule has 0 radical (unpaired) electrons. The number of Topliss-reactive ketones (excluding diaryl/α,β-unsaturated/α-hetero) is 1. The van der Waals surface area contributed by atoms with Crippen LogP contribution >= 0.6 is 0 Å². The van der Waals surface area contributed by atoms with Crippen LogP contribution in [0.25, 0.3) is 0 Å². The van der Waals surface area contributed by atoms with Crippen molar-refractivity contribution in [3.05, 3.63) is 35.9 Å². The molecule has 1 heterocycles. The minimum absolute atomic E-state index is 0.0822. The molecule has 7 atom stereocenters. The summed E-state index contributed by atoms with van der Waals surface area (Å²) in [6.07, 6.45) is 4.87. The number of hydrogen-bond donors (Lipinski definition) is 4. The Morgan fingerprint density at radius 1 is 0.923 bits per heavy atom. The fourth-order valence-electron chi connectivity index (χ4n) is 7.15. The largest absolute Gasteiger partial charge is 0.446 e. The maximum Gasteiger partial charge on any atom is 0.408 e. The summed E-state index contributed by atoms with van der Waals surface area (Å²) in [4.78, 5) is 95.9. The number of carbonyl (C=O) groups excluding carboxylic acids is 7. The number of benzene rings is 1. The highest BCUT2D eigenvalue weighted by molar-refractivity contribution is 6.38. The molecule has 14 nitrogen and oxygen atoms in total. The number of likely N-dealkylation sites (N-methyl/N-ethyl adjacent to an activating group) is 1. The van der Waals surface area contributed by atoms with E-state index in [0.29, 0.717) is 18.5 Å². The van der Waals surface area contributed by atoms with E-state index >= 15 is 0 Å². The molecular weight excluding hydrogens is 668 g/mol. The van der Waals surface area contributed by atoms with Crippen LogP contribution in [0, 0.1) is 23.7 Å². The van der Waals surface area contributed by atoms with Crippen LogP contribution in [-0.2, 0) is 33.5 Å². The Morgan fingerprint density at radius 2 is 1.60 bits per heavy atom. The Morgan fingerprint density at radius 3 is 2.21 bits per heavy atom. The van der Waals surface area contributed by atoms with Crippen molar-refractivity contribution in [3.63, 3.8) is 0 Å². The van der Waals surface area contributed by atoms with Gasteiger partial charge < -0.3 is 35.8 Å². The number of nitrogens with one attached hydrogen (secondary N) is 4. The van der Waals surface area contributed by atoms with E-state index in [4.69, 9.17) is 4.74 Å². The highest BCUT2D eigenvalue weighted by Gasteiger charge is 2.58. The van der Waals surface area contributed by atoms with Gasteiger partial charge in [-0.2, -0.15) is 0 Å². The average Bonchev–Trinajstić information content (AvgIpc) is 3.79. The zero-order valence-corrected chi connectivity index (χ0v) is 31.3. The number of piperidine rings is 1. The summed E-state index contributed by atoms with van der Waals surface area (Å²) in [6.45, 7) is 7.29. The molecule has 4 N–H and O–H groups in total. The lowest BCUT2D eigenvalue weighted by molar-refractivity contribution is -0.144. The van der Waals surface area contributed by atoms with E-state index in [9.17, 15) is 33.6 Å². The number of ether oxygens (including phenoxy) is 1. The van der Waals surface area contributed by atoms with Crippen molar-refractivity contribution in [3.8, 4) is 0 Å². The van der Waals surface area contributed by atoms with Crippen LogP contribution in [0.4, 0.5) is 4.79 Å². The second kappa shape index (κ2) is 18.3. The third kappa shape index (κ3) is 10.3. The molecule has 2 unspecified atom stereocenters. The molecule has 1 aromatic rings. The van der Waals surface area contributed by atoms with Crippen molar-refractivity contribution in [1.29, 1.82) is 0 Å². The predicted molar refractivity (Wildman–Crippen MR) is 192 cm³/mol. The third-order valence-electron chi connectivity index (χ3n) is 10.6. The van der Waals surface area contributed by atoms with E-state index in [1.165, 1.54) is 9.80 Å². The Labute approximate surface area is 306 Å². The number of hydrogen-bond acceptors (Lipinski definition) is 8. The average molecular weight is 725 g/mol. The summed E-state index contributed by atoms with van der Waals surface area (Å²) < 4.78 is 5.55. The third-order valence-corrected chi connectivity index (χ3v) is 10.6. The van der Waals surface area contributed by atoms with Gasteiger partial charge in [0.1, 0.15) is 24.2 Å². The molecular formula is C38H56N6O8. The van der Waals surface area contributed by atoms with Crippen molar-refractivity contribution >= 4 is 41.4 Å². The van der Waals surface area contributed by atoms with E-state index in [-0.39, 0.29) is 48.0 Å². The first-order chi connectivity index (χ1) is 24.7. The molecule has 0 bridgehead atoms. The Bertz CT molecular complexity index is 1460. The summed E-state index contributed by atoms with van der Waals surface area (Å²) in [6, 6.07) is 4.79. The van der Waals surface area contributed by atoms with Crippen molar-refractivity contribution in [2.24, 2.45) is 23.7 Å². The highest BCUT2D eigenvalue weighted by atomic mass is 16.6. The number of rotatable bonds is 16. The van der Waals surface area contributed by atoms with Crippen LogP contribution in [0.15, 0.2) is 30.3 Å². The summed E-state index contributed by atoms with van der Waals surface area (Å²) in [5.41, 5.74) is 0.557. The van der Waals surface area contributed by atoms with Gasteiger partial charge in [0.2, 0.25) is 29.4 Å². The predicted octanol–water partition coefficient (Wildman–Crippen LogP) is 2.47. The highest BCUT2D eigenvalue weighted by Crippen LogP contribution is 2.50. The number of ketones is 1. The van der Waals surface area contributed by atoms with Gasteiger partial charge in [-0.3, -0.25) is 28.8 Å². The minimum Gasteiger partial charge on any atom is -0.446 e. The molecule has 14 heteroatoms. The van der Waals surface area contributed by atoms with Crippen LogP contribution in [0.5, 0.6) is 0 Å². The van der Waals surface area contributed by atoms with Gasteiger partial charge in [0, 0.05) is 20.6 Å². The molecule has 6 amide bonds. The van der Waals surface area contributed by atoms with Gasteiger partial charge in [-0.25, -0.2) is 4.79 Å². The van der Waals surface area contributed by atoms with Crippen molar-refractivity contribution in [2.75, 3.05) is 27.2 Å². The Balaban J connectivity index is 1.40. The topological polar surface area (TPSA) is 183 Å². The van der Waals surface area contributed by atoms with Crippen LogP contribution in [-0.4, -0.2) is 103 Å². The number of carbonyl (C=O) groups is 7. The quantitative estimate of drug-likeness (QED) is 0.188. The van der Waals surface area contributed by atoms with Gasteiger partial charge in [0.25, 0.3) is 5.91 Å². The van der Waals surface area contributed by atoms with Crippen LogP contribution in [0.1, 0.15) is 90.7 Å². The first kappa shape index (κ1) is 40.3. The lowest BCUT2D eigenvalue weighted by Crippen LogP contribution is -2.59. The van der Waals surface area contributed by atoms with Crippen molar-refractivity contribution in [2.45, 2.75) is 109 Å². The molecule has 2 saturated carbocycles. The molecule has 286 valence electrons. The van der Waals surface area contributed by atoms with E-state index in [2.05, 4.69) is 21.3 Å². The van der Waals surface area contributed by atoms with Crippen molar-refractivity contribution in [1.82, 2.24) is 31.1 Å². The van der Waals surface area contributed by atoms with Gasteiger partial charge in [0.15, 0.2) is 0 Å². The number of nitrogens with zero attached hydrogens (tertiary/aromatic N) is 2. The number of likely N-dealkylation sites (tertiary alicyclic amines) is 1.